The van der Waals surface area contributed by atoms with Gasteiger partial charge >= 0.3 is 0 Å². The third-order valence-electron chi connectivity index (χ3n) is 6.52. The number of anilines is 2. The van der Waals surface area contributed by atoms with Gasteiger partial charge in [-0.1, -0.05) is 26.8 Å². The van der Waals surface area contributed by atoms with Crippen molar-refractivity contribution in [1.29, 1.82) is 0 Å². The van der Waals surface area contributed by atoms with Gasteiger partial charge in [0.15, 0.2) is 0 Å². The molecule has 0 atom stereocenters. The predicted molar refractivity (Wildman–Crippen MR) is 130 cm³/mol. The Hall–Kier alpha value is -3.45. The van der Waals surface area contributed by atoms with E-state index in [0.29, 0.717) is 5.39 Å². The number of hydrogen-bond donors (Lipinski definition) is 2. The van der Waals surface area contributed by atoms with E-state index in [-0.39, 0.29) is 17.0 Å². The quantitative estimate of drug-likeness (QED) is 0.486. The Morgan fingerprint density at radius 3 is 2.64 bits per heavy atom. The van der Waals surface area contributed by atoms with E-state index in [0.717, 1.165) is 54.3 Å². The molecule has 1 aromatic carbocycles. The molecule has 1 saturated carbocycles. The molecule has 4 aromatic rings. The topological polar surface area (TPSA) is 76.8 Å². The maximum atomic E-state index is 13.3. The molecule has 3 aromatic heterocycles. The molecule has 0 amide bonds. The van der Waals surface area contributed by atoms with Gasteiger partial charge in [-0.3, -0.25) is 9.78 Å². The first-order valence-electron chi connectivity index (χ1n) is 11.6. The van der Waals surface area contributed by atoms with Crippen molar-refractivity contribution >= 4 is 22.4 Å². The molecule has 0 radical (unpaired) electrons. The highest BCUT2D eigenvalue weighted by Crippen LogP contribution is 2.36. The van der Waals surface area contributed by atoms with Gasteiger partial charge in [0.25, 0.3) is 5.56 Å². The smallest absolute Gasteiger partial charge is 0.276 e. The maximum absolute atomic E-state index is 13.3. The van der Waals surface area contributed by atoms with Crippen molar-refractivity contribution in [3.05, 3.63) is 76.0 Å². The number of rotatable bonds is 4. The third kappa shape index (κ3) is 3.53. The van der Waals surface area contributed by atoms with Crippen LogP contribution in [0.5, 0.6) is 0 Å². The number of fused-ring (bicyclic) bond motifs is 2. The highest BCUT2D eigenvalue weighted by Gasteiger charge is 2.30. The van der Waals surface area contributed by atoms with E-state index in [1.54, 1.807) is 6.20 Å². The Bertz CT molecular complexity index is 1440. The SMILES string of the molecule is CC(C)(C)c1cc(-n2c3cc(Nc4ccc5c(c4)CNC5)ncc3c(=O)n2C2CC2)ccn1. The van der Waals surface area contributed by atoms with Crippen molar-refractivity contribution in [3.63, 3.8) is 0 Å². The predicted octanol–water partition coefficient (Wildman–Crippen LogP) is 4.56. The Labute approximate surface area is 192 Å². The summed E-state index contributed by atoms with van der Waals surface area (Å²) in [4.78, 5) is 22.5. The molecule has 0 bridgehead atoms. The Morgan fingerprint density at radius 1 is 1.03 bits per heavy atom. The molecule has 2 N–H and O–H groups in total. The van der Waals surface area contributed by atoms with Gasteiger partial charge in [0.05, 0.1) is 22.6 Å². The molecule has 0 spiro atoms. The van der Waals surface area contributed by atoms with Crippen molar-refractivity contribution in [3.8, 4) is 5.69 Å². The van der Waals surface area contributed by atoms with Crippen LogP contribution in [0.15, 0.2) is 53.6 Å². The summed E-state index contributed by atoms with van der Waals surface area (Å²) >= 11 is 0. The molecule has 33 heavy (non-hydrogen) atoms. The lowest BCUT2D eigenvalue weighted by atomic mass is 9.91. The number of hydrogen-bond acceptors (Lipinski definition) is 5. The van der Waals surface area contributed by atoms with Crippen LogP contribution >= 0.6 is 0 Å². The second-order valence-corrected chi connectivity index (χ2v) is 10.1. The summed E-state index contributed by atoms with van der Waals surface area (Å²) in [5.74, 6) is 0.722. The average molecular weight is 441 g/mol. The molecular weight excluding hydrogens is 412 g/mol. The molecule has 1 aliphatic carbocycles. The normalized spacial score (nSPS) is 15.7. The van der Waals surface area contributed by atoms with E-state index in [1.807, 2.05) is 23.0 Å². The standard InChI is InChI=1S/C26H28N6O/c1-26(2,3)23-11-20(8-9-28-23)31-22-12-24(29-15-21(22)25(33)32(31)19-6-7-19)30-18-5-4-16-13-27-14-17(16)10-18/h4-5,8-12,15,19,27H,6-7,13-14H2,1-3H3,(H,29,30). The van der Waals surface area contributed by atoms with Crippen molar-refractivity contribution in [2.75, 3.05) is 5.32 Å². The van der Waals surface area contributed by atoms with Crippen LogP contribution in [-0.4, -0.2) is 19.3 Å². The number of nitrogens with zero attached hydrogens (tertiary/aromatic N) is 4. The van der Waals surface area contributed by atoms with E-state index in [4.69, 9.17) is 0 Å². The van der Waals surface area contributed by atoms with Crippen LogP contribution < -0.4 is 16.2 Å². The van der Waals surface area contributed by atoms with Crippen LogP contribution in [0.1, 0.15) is 56.5 Å². The maximum Gasteiger partial charge on any atom is 0.276 e. The van der Waals surface area contributed by atoms with Gasteiger partial charge in [0.1, 0.15) is 5.82 Å². The second-order valence-electron chi connectivity index (χ2n) is 10.1. The molecule has 2 aliphatic rings. The lowest BCUT2D eigenvalue weighted by Gasteiger charge is -2.20. The molecule has 7 heteroatoms. The lowest BCUT2D eigenvalue weighted by Crippen LogP contribution is -2.22. The summed E-state index contributed by atoms with van der Waals surface area (Å²) in [5.41, 5.74) is 6.39. The van der Waals surface area contributed by atoms with E-state index >= 15 is 0 Å². The van der Waals surface area contributed by atoms with E-state index in [1.165, 1.54) is 11.1 Å². The van der Waals surface area contributed by atoms with Crippen LogP contribution in [-0.2, 0) is 18.5 Å². The van der Waals surface area contributed by atoms with Crippen LogP contribution in [0.2, 0.25) is 0 Å². The van der Waals surface area contributed by atoms with Gasteiger partial charge in [-0.2, -0.15) is 0 Å². The largest absolute Gasteiger partial charge is 0.340 e. The first kappa shape index (κ1) is 20.2. The summed E-state index contributed by atoms with van der Waals surface area (Å²) in [6.07, 6.45) is 5.59. The zero-order valence-corrected chi connectivity index (χ0v) is 19.2. The molecule has 1 fully saturated rings. The summed E-state index contributed by atoms with van der Waals surface area (Å²) in [6, 6.07) is 12.7. The molecule has 168 valence electrons. The number of pyridine rings is 2. The Morgan fingerprint density at radius 2 is 1.85 bits per heavy atom. The first-order valence-corrected chi connectivity index (χ1v) is 11.6. The minimum atomic E-state index is -0.0830. The minimum absolute atomic E-state index is 0.0178. The second kappa shape index (κ2) is 7.28. The van der Waals surface area contributed by atoms with Crippen LogP contribution in [0.4, 0.5) is 11.5 Å². The Kier molecular flexibility index (Phi) is 4.45. The third-order valence-corrected chi connectivity index (χ3v) is 6.52. The number of benzene rings is 1. The monoisotopic (exact) mass is 440 g/mol. The van der Waals surface area contributed by atoms with Crippen LogP contribution in [0.25, 0.3) is 16.6 Å². The average Bonchev–Trinajstić information content (AvgIpc) is 3.45. The van der Waals surface area contributed by atoms with Gasteiger partial charge < -0.3 is 10.6 Å². The van der Waals surface area contributed by atoms with Crippen molar-refractivity contribution in [2.24, 2.45) is 0 Å². The van der Waals surface area contributed by atoms with Crippen LogP contribution in [0, 0.1) is 0 Å². The zero-order chi connectivity index (χ0) is 22.7. The van der Waals surface area contributed by atoms with Gasteiger partial charge in [-0.15, -0.1) is 0 Å². The summed E-state index contributed by atoms with van der Waals surface area (Å²) in [5, 5.41) is 7.46. The highest BCUT2D eigenvalue weighted by atomic mass is 16.1. The van der Waals surface area contributed by atoms with E-state index < -0.39 is 0 Å². The minimum Gasteiger partial charge on any atom is -0.340 e. The Balaban J connectivity index is 1.48. The molecule has 0 saturated heterocycles. The van der Waals surface area contributed by atoms with E-state index in [9.17, 15) is 4.79 Å². The fraction of sp³-hybridized carbons (Fsp3) is 0.346. The van der Waals surface area contributed by atoms with Crippen molar-refractivity contribution in [1.82, 2.24) is 24.6 Å². The number of aromatic nitrogens is 4. The summed E-state index contributed by atoms with van der Waals surface area (Å²) < 4.78 is 3.96. The van der Waals surface area contributed by atoms with Crippen LogP contribution in [0.3, 0.4) is 0 Å². The van der Waals surface area contributed by atoms with Crippen molar-refractivity contribution in [2.45, 2.75) is 58.2 Å². The molecule has 0 unspecified atom stereocenters. The molecule has 4 heterocycles. The highest BCUT2D eigenvalue weighted by molar-refractivity contribution is 5.83. The lowest BCUT2D eigenvalue weighted by molar-refractivity contribution is 0.551. The molecular formula is C26H28N6O. The summed E-state index contributed by atoms with van der Waals surface area (Å²) in [7, 11) is 0. The van der Waals surface area contributed by atoms with E-state index in [2.05, 4.69) is 70.3 Å². The van der Waals surface area contributed by atoms with Gasteiger partial charge in [-0.25, -0.2) is 14.3 Å². The molecule has 7 nitrogen and oxygen atoms in total. The molecule has 1 aliphatic heterocycles. The molecule has 6 rings (SSSR count). The first-order chi connectivity index (χ1) is 15.9. The summed E-state index contributed by atoms with van der Waals surface area (Å²) in [6.45, 7) is 8.26. The van der Waals surface area contributed by atoms with Gasteiger partial charge in [-0.05, 0) is 48.2 Å². The number of nitrogens with one attached hydrogen (secondary N) is 2. The van der Waals surface area contributed by atoms with Gasteiger partial charge in [0, 0.05) is 48.3 Å². The van der Waals surface area contributed by atoms with Gasteiger partial charge in [0.2, 0.25) is 0 Å². The fourth-order valence-electron chi connectivity index (χ4n) is 4.58. The fourth-order valence-corrected chi connectivity index (χ4v) is 4.58. The van der Waals surface area contributed by atoms with Crippen molar-refractivity contribution < 1.29 is 0 Å². The zero-order valence-electron chi connectivity index (χ0n) is 19.2.